The summed E-state index contributed by atoms with van der Waals surface area (Å²) in [6, 6.07) is 14.9. The third-order valence-corrected chi connectivity index (χ3v) is 5.36. The predicted molar refractivity (Wildman–Crippen MR) is 130 cm³/mol. The summed E-state index contributed by atoms with van der Waals surface area (Å²) in [6.07, 6.45) is 0. The summed E-state index contributed by atoms with van der Waals surface area (Å²) in [5.41, 5.74) is 3.61. The minimum atomic E-state index is -0.381. The number of pyridine rings is 1. The number of furan rings is 1. The van der Waals surface area contributed by atoms with Crippen LogP contribution in [0.2, 0.25) is 0 Å². The molecular weight excluding hydrogens is 433 g/mol. The van der Waals surface area contributed by atoms with E-state index in [-0.39, 0.29) is 23.2 Å². The lowest BCUT2D eigenvalue weighted by atomic mass is 9.98. The number of rotatable bonds is 4. The molecule has 0 saturated carbocycles. The molecule has 34 heavy (non-hydrogen) atoms. The number of hydrogen-bond acceptors (Lipinski definition) is 4. The van der Waals surface area contributed by atoms with Crippen molar-refractivity contribution in [2.24, 2.45) is 0 Å². The molecule has 0 atom stereocenters. The van der Waals surface area contributed by atoms with Gasteiger partial charge in [0.15, 0.2) is 0 Å². The zero-order chi connectivity index (χ0) is 24.6. The zero-order valence-corrected chi connectivity index (χ0v) is 19.7. The molecule has 7 heteroatoms. The van der Waals surface area contributed by atoms with Gasteiger partial charge in [-0.3, -0.25) is 9.59 Å². The highest BCUT2D eigenvalue weighted by molar-refractivity contribution is 6.11. The number of fused-ring (bicyclic) bond motifs is 1. The van der Waals surface area contributed by atoms with Crippen LogP contribution in [0.25, 0.3) is 33.6 Å². The van der Waals surface area contributed by atoms with Crippen LogP contribution in [0.5, 0.6) is 0 Å². The average molecular weight is 460 g/mol. The van der Waals surface area contributed by atoms with Crippen LogP contribution in [0.15, 0.2) is 59.0 Å². The molecule has 0 spiro atoms. The number of nitrogens with one attached hydrogen (secondary N) is 2. The van der Waals surface area contributed by atoms with Crippen molar-refractivity contribution in [3.05, 3.63) is 77.2 Å². The second kappa shape index (κ2) is 8.74. The van der Waals surface area contributed by atoms with Gasteiger partial charge in [-0.25, -0.2) is 9.37 Å². The minimum absolute atomic E-state index is 0.172. The van der Waals surface area contributed by atoms with Crippen LogP contribution in [0, 0.1) is 12.7 Å². The lowest BCUT2D eigenvalue weighted by molar-refractivity contribution is 0.0918. The van der Waals surface area contributed by atoms with E-state index in [1.54, 1.807) is 24.3 Å². The van der Waals surface area contributed by atoms with Gasteiger partial charge in [0.1, 0.15) is 11.6 Å². The summed E-state index contributed by atoms with van der Waals surface area (Å²) in [4.78, 5) is 30.1. The maximum atomic E-state index is 13.5. The number of halogens is 1. The van der Waals surface area contributed by atoms with Gasteiger partial charge in [-0.2, -0.15) is 0 Å². The third kappa shape index (κ3) is 4.55. The molecule has 4 aromatic rings. The quantitative estimate of drug-likeness (QED) is 0.422. The van der Waals surface area contributed by atoms with Gasteiger partial charge in [0.2, 0.25) is 5.71 Å². The Kier molecular flexibility index (Phi) is 5.96. The molecule has 2 aromatic carbocycles. The normalized spacial score (nSPS) is 11.5. The topological polar surface area (TPSA) is 84.2 Å². The summed E-state index contributed by atoms with van der Waals surface area (Å²) in [5.74, 6) is -0.577. The van der Waals surface area contributed by atoms with Crippen molar-refractivity contribution in [2.75, 3.05) is 7.05 Å². The van der Waals surface area contributed by atoms with Gasteiger partial charge in [0, 0.05) is 35.0 Å². The van der Waals surface area contributed by atoms with Gasteiger partial charge >= 0.3 is 0 Å². The molecule has 6 nitrogen and oxygen atoms in total. The SMILES string of the molecule is CNC(=O)c1c(-c2ccc(F)cc2)oc2nc(C)c(-c3cccc(C(=O)NC(C)(C)C)c3)cc12. The van der Waals surface area contributed by atoms with E-state index in [2.05, 4.69) is 15.6 Å². The smallest absolute Gasteiger partial charge is 0.255 e. The van der Waals surface area contributed by atoms with Crippen molar-refractivity contribution in [2.45, 2.75) is 33.2 Å². The lowest BCUT2D eigenvalue weighted by Gasteiger charge is -2.20. The molecule has 0 fully saturated rings. The number of aryl methyl sites for hydroxylation is 1. The van der Waals surface area contributed by atoms with Crippen LogP contribution in [0.1, 0.15) is 47.2 Å². The molecule has 0 aliphatic rings. The molecule has 2 heterocycles. The molecular formula is C27H26FN3O3. The standard InChI is InChI=1S/C27H26FN3O3/c1-15-20(17-7-6-8-18(13-17)24(32)31-27(2,3)4)14-21-22(25(33)29-5)23(34-26(21)30-15)16-9-11-19(28)12-10-16/h6-14H,1-5H3,(H,29,33)(H,31,32). The first kappa shape index (κ1) is 23.2. The Morgan fingerprint density at radius 1 is 0.971 bits per heavy atom. The average Bonchev–Trinajstić information content (AvgIpc) is 3.15. The van der Waals surface area contributed by atoms with Crippen LogP contribution < -0.4 is 10.6 Å². The number of amides is 2. The fourth-order valence-corrected chi connectivity index (χ4v) is 3.80. The molecule has 2 aromatic heterocycles. The van der Waals surface area contributed by atoms with Crippen LogP contribution in [-0.4, -0.2) is 29.4 Å². The van der Waals surface area contributed by atoms with E-state index in [9.17, 15) is 14.0 Å². The zero-order valence-electron chi connectivity index (χ0n) is 19.7. The van der Waals surface area contributed by atoms with Crippen molar-refractivity contribution >= 4 is 22.9 Å². The molecule has 0 aliphatic heterocycles. The van der Waals surface area contributed by atoms with Gasteiger partial charge in [-0.15, -0.1) is 0 Å². The summed E-state index contributed by atoms with van der Waals surface area (Å²) in [5, 5.41) is 6.14. The van der Waals surface area contributed by atoms with Crippen molar-refractivity contribution in [3.63, 3.8) is 0 Å². The van der Waals surface area contributed by atoms with E-state index in [0.717, 1.165) is 11.1 Å². The first-order chi connectivity index (χ1) is 16.1. The van der Waals surface area contributed by atoms with Crippen molar-refractivity contribution < 1.29 is 18.4 Å². The van der Waals surface area contributed by atoms with Gasteiger partial charge in [-0.1, -0.05) is 12.1 Å². The van der Waals surface area contributed by atoms with Gasteiger partial charge in [-0.05, 0) is 75.7 Å². The Bertz CT molecular complexity index is 1400. The van der Waals surface area contributed by atoms with E-state index in [0.29, 0.717) is 39.2 Å². The maximum Gasteiger partial charge on any atom is 0.255 e. The lowest BCUT2D eigenvalue weighted by Crippen LogP contribution is -2.40. The summed E-state index contributed by atoms with van der Waals surface area (Å²) in [7, 11) is 1.54. The first-order valence-electron chi connectivity index (χ1n) is 10.9. The Morgan fingerprint density at radius 2 is 1.68 bits per heavy atom. The highest BCUT2D eigenvalue weighted by atomic mass is 19.1. The molecule has 0 saturated heterocycles. The van der Waals surface area contributed by atoms with Crippen molar-refractivity contribution in [1.82, 2.24) is 15.6 Å². The molecule has 4 rings (SSSR count). The van der Waals surface area contributed by atoms with Gasteiger partial charge < -0.3 is 15.1 Å². The van der Waals surface area contributed by atoms with Crippen LogP contribution in [-0.2, 0) is 0 Å². The Balaban J connectivity index is 1.87. The Labute approximate surface area is 197 Å². The predicted octanol–water partition coefficient (Wildman–Crippen LogP) is 5.50. The van der Waals surface area contributed by atoms with E-state index in [1.807, 2.05) is 45.9 Å². The largest absolute Gasteiger partial charge is 0.437 e. The number of benzene rings is 2. The van der Waals surface area contributed by atoms with Crippen molar-refractivity contribution in [3.8, 4) is 22.5 Å². The number of aromatic nitrogens is 1. The van der Waals surface area contributed by atoms with E-state index >= 15 is 0 Å². The summed E-state index contributed by atoms with van der Waals surface area (Å²) in [6.45, 7) is 7.62. The van der Waals surface area contributed by atoms with Crippen molar-refractivity contribution in [1.29, 1.82) is 0 Å². The summed E-state index contributed by atoms with van der Waals surface area (Å²) >= 11 is 0. The first-order valence-corrected chi connectivity index (χ1v) is 10.9. The summed E-state index contributed by atoms with van der Waals surface area (Å²) < 4.78 is 19.4. The molecule has 0 bridgehead atoms. The highest BCUT2D eigenvalue weighted by Gasteiger charge is 2.24. The minimum Gasteiger partial charge on any atom is -0.437 e. The fraction of sp³-hybridized carbons (Fsp3) is 0.222. The second-order valence-corrected chi connectivity index (χ2v) is 9.15. The van der Waals surface area contributed by atoms with Gasteiger partial charge in [0.05, 0.1) is 10.9 Å². The molecule has 174 valence electrons. The molecule has 0 aliphatic carbocycles. The number of carbonyl (C=O) groups excluding carboxylic acids is 2. The second-order valence-electron chi connectivity index (χ2n) is 9.15. The third-order valence-electron chi connectivity index (χ3n) is 5.36. The fourth-order valence-electron chi connectivity index (χ4n) is 3.80. The molecule has 0 radical (unpaired) electrons. The monoisotopic (exact) mass is 459 g/mol. The molecule has 2 amide bonds. The van der Waals surface area contributed by atoms with Gasteiger partial charge in [0.25, 0.3) is 11.8 Å². The molecule has 0 unspecified atom stereocenters. The van der Waals surface area contributed by atoms with E-state index in [1.165, 1.54) is 19.2 Å². The number of hydrogen-bond donors (Lipinski definition) is 2. The Morgan fingerprint density at radius 3 is 2.32 bits per heavy atom. The highest BCUT2D eigenvalue weighted by Crippen LogP contribution is 2.36. The van der Waals surface area contributed by atoms with Crippen LogP contribution in [0.3, 0.4) is 0 Å². The maximum absolute atomic E-state index is 13.5. The Hall–Kier alpha value is -4.00. The molecule has 2 N–H and O–H groups in total. The van der Waals surface area contributed by atoms with Crippen LogP contribution >= 0.6 is 0 Å². The van der Waals surface area contributed by atoms with E-state index < -0.39 is 0 Å². The number of nitrogens with zero attached hydrogens (tertiary/aromatic N) is 1. The van der Waals surface area contributed by atoms with E-state index in [4.69, 9.17) is 4.42 Å². The number of carbonyl (C=O) groups is 2. The van der Waals surface area contributed by atoms with Crippen LogP contribution in [0.4, 0.5) is 4.39 Å².